The van der Waals surface area contributed by atoms with Crippen LogP contribution in [0.2, 0.25) is 26.2 Å². The van der Waals surface area contributed by atoms with Crippen LogP contribution in [-0.2, 0) is 0 Å². The van der Waals surface area contributed by atoms with Crippen molar-refractivity contribution in [2.24, 2.45) is 0 Å². The van der Waals surface area contributed by atoms with E-state index in [9.17, 15) is 5.11 Å². The van der Waals surface area contributed by atoms with Crippen LogP contribution in [0, 0.1) is 0 Å². The first kappa shape index (κ1) is 14.1. The van der Waals surface area contributed by atoms with E-state index in [-0.39, 0.29) is 0 Å². The van der Waals surface area contributed by atoms with E-state index in [4.69, 9.17) is 0 Å². The Hall–Kier alpha value is -1.33. The van der Waals surface area contributed by atoms with Crippen LogP contribution in [0.4, 0.5) is 0 Å². The van der Waals surface area contributed by atoms with Crippen molar-refractivity contribution in [3.8, 4) is 5.75 Å². The molecule has 0 saturated heterocycles. The molecule has 0 radical (unpaired) electrons. The molecular formula is C16H22OSi2. The number of aromatic hydroxyl groups is 1. The molecule has 0 amide bonds. The van der Waals surface area contributed by atoms with Crippen molar-refractivity contribution in [1.82, 2.24) is 0 Å². The fraction of sp³-hybridized carbons (Fsp3) is 0.250. The van der Waals surface area contributed by atoms with Crippen molar-refractivity contribution >= 4 is 25.6 Å². The molecule has 2 aromatic rings. The molecule has 0 fully saturated rings. The summed E-state index contributed by atoms with van der Waals surface area (Å²) in [5.74, 6) is 0.385. The second kappa shape index (κ2) is 4.98. The maximum absolute atomic E-state index is 9.75. The summed E-state index contributed by atoms with van der Waals surface area (Å²) in [5.41, 5.74) is 0. The van der Waals surface area contributed by atoms with Crippen molar-refractivity contribution in [3.63, 3.8) is 0 Å². The van der Waals surface area contributed by atoms with Crippen LogP contribution in [0.25, 0.3) is 0 Å². The predicted octanol–water partition coefficient (Wildman–Crippen LogP) is 3.00. The molecule has 0 aromatic heterocycles. The fourth-order valence-electron chi connectivity index (χ4n) is 2.47. The average molecular weight is 287 g/mol. The second-order valence-electron chi connectivity index (χ2n) is 6.17. The number of benzene rings is 2. The first-order valence-electron chi connectivity index (χ1n) is 6.71. The topological polar surface area (TPSA) is 20.2 Å². The Morgan fingerprint density at radius 3 is 1.79 bits per heavy atom. The molecule has 19 heavy (non-hydrogen) atoms. The molecule has 2 rings (SSSR count). The summed E-state index contributed by atoms with van der Waals surface area (Å²) in [6, 6.07) is 18.8. The molecule has 0 atom stereocenters. The molecule has 0 aliphatic rings. The summed E-state index contributed by atoms with van der Waals surface area (Å²) in [6.07, 6.45) is 0. The SMILES string of the molecule is C[Si](C)(c1ccccc1)[Si](C)(C)c1cccc(O)c1. The molecule has 2 aromatic carbocycles. The molecule has 1 nitrogen and oxygen atoms in total. The molecule has 0 heterocycles. The van der Waals surface area contributed by atoms with Crippen LogP contribution < -0.4 is 10.4 Å². The first-order valence-corrected chi connectivity index (χ1v) is 13.7. The third-order valence-corrected chi connectivity index (χ3v) is 22.4. The number of rotatable bonds is 3. The zero-order valence-corrected chi connectivity index (χ0v) is 14.1. The number of hydrogen-bond donors (Lipinski definition) is 1. The van der Waals surface area contributed by atoms with E-state index in [1.807, 2.05) is 12.1 Å². The summed E-state index contributed by atoms with van der Waals surface area (Å²) in [6.45, 7) is 9.78. The molecular weight excluding hydrogens is 264 g/mol. The number of phenolic OH excluding ortho intramolecular Hbond substituents is 1. The first-order chi connectivity index (χ1) is 8.85. The Morgan fingerprint density at radius 1 is 0.684 bits per heavy atom. The van der Waals surface area contributed by atoms with Gasteiger partial charge in [0.15, 0.2) is 0 Å². The fourth-order valence-corrected chi connectivity index (χ4v) is 11.3. The molecule has 0 unspecified atom stereocenters. The highest BCUT2D eigenvalue weighted by Gasteiger charge is 2.43. The molecule has 0 aliphatic heterocycles. The minimum Gasteiger partial charge on any atom is -0.508 e. The molecule has 0 spiro atoms. The Balaban J connectivity index is 2.49. The second-order valence-corrected chi connectivity index (χ2v) is 21.3. The van der Waals surface area contributed by atoms with Crippen molar-refractivity contribution in [3.05, 3.63) is 54.6 Å². The van der Waals surface area contributed by atoms with Gasteiger partial charge < -0.3 is 5.11 Å². The largest absolute Gasteiger partial charge is 0.508 e. The van der Waals surface area contributed by atoms with Crippen LogP contribution >= 0.6 is 0 Å². The average Bonchev–Trinajstić information content (AvgIpc) is 2.39. The lowest BCUT2D eigenvalue weighted by Crippen LogP contribution is -2.69. The highest BCUT2D eigenvalue weighted by atomic mass is 29.3. The molecule has 100 valence electrons. The molecule has 0 saturated carbocycles. The van der Waals surface area contributed by atoms with Crippen molar-refractivity contribution < 1.29 is 5.11 Å². The van der Waals surface area contributed by atoms with Crippen LogP contribution in [0.15, 0.2) is 54.6 Å². The zero-order chi connectivity index (χ0) is 14.1. The van der Waals surface area contributed by atoms with Gasteiger partial charge in [-0.1, -0.05) is 79.0 Å². The molecule has 0 bridgehead atoms. The third-order valence-electron chi connectivity index (χ3n) is 4.63. The van der Waals surface area contributed by atoms with E-state index in [1.54, 1.807) is 6.07 Å². The summed E-state index contributed by atoms with van der Waals surface area (Å²) in [4.78, 5) is 0. The van der Waals surface area contributed by atoms with Gasteiger partial charge in [0.2, 0.25) is 0 Å². The van der Waals surface area contributed by atoms with Gasteiger partial charge in [0.25, 0.3) is 0 Å². The Morgan fingerprint density at radius 2 is 1.21 bits per heavy atom. The van der Waals surface area contributed by atoms with Gasteiger partial charge >= 0.3 is 0 Å². The van der Waals surface area contributed by atoms with Gasteiger partial charge in [-0.15, -0.1) is 0 Å². The van der Waals surface area contributed by atoms with Crippen LogP contribution in [0.1, 0.15) is 0 Å². The van der Waals surface area contributed by atoms with Crippen LogP contribution in [0.3, 0.4) is 0 Å². The van der Waals surface area contributed by atoms with Crippen molar-refractivity contribution in [2.45, 2.75) is 26.2 Å². The standard InChI is InChI=1S/C16H22OSi2/c1-18(2,15-10-6-5-7-11-15)19(3,4)16-12-8-9-14(17)13-16/h5-13,17H,1-4H3. The van der Waals surface area contributed by atoms with E-state index < -0.39 is 15.2 Å². The maximum atomic E-state index is 9.75. The van der Waals surface area contributed by atoms with E-state index in [0.717, 1.165) is 0 Å². The smallest absolute Gasteiger partial charge is 0.115 e. The molecule has 3 heteroatoms. The minimum atomic E-state index is -1.60. The van der Waals surface area contributed by atoms with E-state index in [0.29, 0.717) is 5.75 Å². The van der Waals surface area contributed by atoms with Gasteiger partial charge in [-0.25, -0.2) is 0 Å². The monoisotopic (exact) mass is 286 g/mol. The van der Waals surface area contributed by atoms with E-state index in [2.05, 4.69) is 62.6 Å². The zero-order valence-electron chi connectivity index (χ0n) is 12.1. The van der Waals surface area contributed by atoms with Gasteiger partial charge in [0.1, 0.15) is 5.75 Å². The summed E-state index contributed by atoms with van der Waals surface area (Å²) in [5, 5.41) is 12.6. The predicted molar refractivity (Wildman–Crippen MR) is 88.8 cm³/mol. The molecule has 1 N–H and O–H groups in total. The van der Waals surface area contributed by atoms with Gasteiger partial charge in [-0.2, -0.15) is 0 Å². The Labute approximate surface area is 117 Å². The quantitative estimate of drug-likeness (QED) is 0.860. The number of phenols is 1. The van der Waals surface area contributed by atoms with Gasteiger partial charge in [-0.3, -0.25) is 0 Å². The van der Waals surface area contributed by atoms with Gasteiger partial charge in [0.05, 0.1) is 15.2 Å². The normalized spacial score (nSPS) is 12.4. The lowest BCUT2D eigenvalue weighted by Gasteiger charge is -2.39. The maximum Gasteiger partial charge on any atom is 0.115 e. The van der Waals surface area contributed by atoms with Crippen LogP contribution in [0.5, 0.6) is 5.75 Å². The third kappa shape index (κ3) is 2.53. The lowest BCUT2D eigenvalue weighted by atomic mass is 10.3. The lowest BCUT2D eigenvalue weighted by molar-refractivity contribution is 0.476. The highest BCUT2D eigenvalue weighted by Crippen LogP contribution is 2.20. The van der Waals surface area contributed by atoms with E-state index in [1.165, 1.54) is 10.4 Å². The van der Waals surface area contributed by atoms with Gasteiger partial charge in [-0.05, 0) is 12.1 Å². The van der Waals surface area contributed by atoms with Crippen molar-refractivity contribution in [1.29, 1.82) is 0 Å². The highest BCUT2D eigenvalue weighted by molar-refractivity contribution is 7.49. The van der Waals surface area contributed by atoms with E-state index >= 15 is 0 Å². The summed E-state index contributed by atoms with van der Waals surface area (Å²) < 4.78 is 0. The van der Waals surface area contributed by atoms with Crippen molar-refractivity contribution in [2.75, 3.05) is 0 Å². The summed E-state index contributed by atoms with van der Waals surface area (Å²) >= 11 is 0. The molecule has 0 aliphatic carbocycles. The van der Waals surface area contributed by atoms with Crippen LogP contribution in [-0.4, -0.2) is 20.3 Å². The summed E-state index contributed by atoms with van der Waals surface area (Å²) in [7, 11) is -3.14. The Kier molecular flexibility index (Phi) is 3.69. The van der Waals surface area contributed by atoms with Gasteiger partial charge in [0, 0.05) is 0 Å². The number of hydrogen-bond acceptors (Lipinski definition) is 1. The minimum absolute atomic E-state index is 0.385. The Bertz CT molecular complexity index is 562.